The fourth-order valence-electron chi connectivity index (χ4n) is 5.01. The summed E-state index contributed by atoms with van der Waals surface area (Å²) in [6.07, 6.45) is 13.1. The molecular formula is C26H40N6O. The number of aliphatic hydroxyl groups excluding tert-OH is 1. The van der Waals surface area contributed by atoms with Gasteiger partial charge in [-0.1, -0.05) is 19.4 Å². The standard InChI is InChI=1S/C26H40N6O/c1-3-4-18(2)30-26-29-17-23(25(32-26)31-21-6-8-22(33)9-7-21)24-10-5-20(16-28-24)15-19-11-13-27-14-12-19/h5,10,16-19,21-22,27,33H,3-4,6-9,11-15H2,1-2H3,(H2,29,30,31,32)/t18-,21-,22-/m0/s1. The molecule has 1 aliphatic carbocycles. The second-order valence-electron chi connectivity index (χ2n) is 9.89. The fourth-order valence-corrected chi connectivity index (χ4v) is 5.01. The predicted octanol–water partition coefficient (Wildman–Crippen LogP) is 4.40. The summed E-state index contributed by atoms with van der Waals surface area (Å²) in [6.45, 7) is 6.60. The van der Waals surface area contributed by atoms with E-state index in [4.69, 9.17) is 9.97 Å². The van der Waals surface area contributed by atoms with Crippen molar-refractivity contribution >= 4 is 11.8 Å². The summed E-state index contributed by atoms with van der Waals surface area (Å²) >= 11 is 0. The minimum absolute atomic E-state index is 0.172. The Balaban J connectivity index is 1.52. The van der Waals surface area contributed by atoms with Gasteiger partial charge in [0.1, 0.15) is 5.82 Å². The van der Waals surface area contributed by atoms with E-state index in [1.807, 2.05) is 12.4 Å². The first-order chi connectivity index (χ1) is 16.1. The lowest BCUT2D eigenvalue weighted by atomic mass is 9.91. The Morgan fingerprint density at radius 2 is 1.85 bits per heavy atom. The summed E-state index contributed by atoms with van der Waals surface area (Å²) in [5.74, 6) is 2.23. The molecule has 0 bridgehead atoms. The second-order valence-corrected chi connectivity index (χ2v) is 9.89. The molecule has 0 radical (unpaired) electrons. The first-order valence-corrected chi connectivity index (χ1v) is 12.8. The van der Waals surface area contributed by atoms with Crippen molar-refractivity contribution in [3.05, 3.63) is 30.1 Å². The molecule has 4 N–H and O–H groups in total. The zero-order chi connectivity index (χ0) is 23.0. The predicted molar refractivity (Wildman–Crippen MR) is 134 cm³/mol. The Hall–Kier alpha value is -2.25. The highest BCUT2D eigenvalue weighted by Gasteiger charge is 2.22. The van der Waals surface area contributed by atoms with E-state index in [0.29, 0.717) is 18.0 Å². The van der Waals surface area contributed by atoms with Crippen LogP contribution in [0.1, 0.15) is 70.8 Å². The summed E-state index contributed by atoms with van der Waals surface area (Å²) in [5, 5.41) is 20.4. The number of nitrogens with one attached hydrogen (secondary N) is 3. The van der Waals surface area contributed by atoms with E-state index in [1.54, 1.807) is 0 Å². The molecule has 2 fully saturated rings. The lowest BCUT2D eigenvalue weighted by Gasteiger charge is -2.27. The maximum absolute atomic E-state index is 9.89. The van der Waals surface area contributed by atoms with Crippen LogP contribution in [0, 0.1) is 5.92 Å². The Labute approximate surface area is 198 Å². The summed E-state index contributed by atoms with van der Waals surface area (Å²) in [5.41, 5.74) is 3.13. The van der Waals surface area contributed by atoms with Crippen LogP contribution < -0.4 is 16.0 Å². The molecule has 1 saturated carbocycles. The molecule has 0 unspecified atom stereocenters. The number of hydrogen-bond donors (Lipinski definition) is 4. The largest absolute Gasteiger partial charge is 0.393 e. The van der Waals surface area contributed by atoms with Crippen molar-refractivity contribution in [2.75, 3.05) is 23.7 Å². The monoisotopic (exact) mass is 452 g/mol. The molecule has 3 heterocycles. The van der Waals surface area contributed by atoms with E-state index < -0.39 is 0 Å². The van der Waals surface area contributed by atoms with Gasteiger partial charge in [0.15, 0.2) is 0 Å². The third kappa shape index (κ3) is 6.87. The van der Waals surface area contributed by atoms with Crippen LogP contribution in [0.2, 0.25) is 0 Å². The molecule has 33 heavy (non-hydrogen) atoms. The van der Waals surface area contributed by atoms with Crippen LogP contribution in [0.15, 0.2) is 24.5 Å². The van der Waals surface area contributed by atoms with E-state index in [-0.39, 0.29) is 6.10 Å². The van der Waals surface area contributed by atoms with E-state index in [9.17, 15) is 5.11 Å². The van der Waals surface area contributed by atoms with Crippen LogP contribution in [-0.4, -0.2) is 51.3 Å². The number of nitrogens with zero attached hydrogens (tertiary/aromatic N) is 3. The van der Waals surface area contributed by atoms with Gasteiger partial charge in [-0.05, 0) is 88.9 Å². The van der Waals surface area contributed by atoms with E-state index in [1.165, 1.54) is 18.4 Å². The quantitative estimate of drug-likeness (QED) is 0.448. The zero-order valence-corrected chi connectivity index (χ0v) is 20.2. The van der Waals surface area contributed by atoms with Crippen LogP contribution in [0.3, 0.4) is 0 Å². The maximum Gasteiger partial charge on any atom is 0.224 e. The van der Waals surface area contributed by atoms with Crippen LogP contribution in [0.5, 0.6) is 0 Å². The van der Waals surface area contributed by atoms with Crippen LogP contribution >= 0.6 is 0 Å². The molecule has 0 aromatic carbocycles. The van der Waals surface area contributed by atoms with Gasteiger partial charge in [-0.2, -0.15) is 4.98 Å². The van der Waals surface area contributed by atoms with Crippen molar-refractivity contribution in [2.45, 2.75) is 89.8 Å². The molecule has 2 aliphatic rings. The summed E-state index contributed by atoms with van der Waals surface area (Å²) < 4.78 is 0. The Morgan fingerprint density at radius 1 is 1.06 bits per heavy atom. The lowest BCUT2D eigenvalue weighted by molar-refractivity contribution is 0.126. The van der Waals surface area contributed by atoms with Gasteiger partial charge in [0.25, 0.3) is 0 Å². The smallest absolute Gasteiger partial charge is 0.224 e. The van der Waals surface area contributed by atoms with E-state index in [2.05, 4.69) is 46.9 Å². The number of rotatable bonds is 9. The van der Waals surface area contributed by atoms with Gasteiger partial charge in [-0.15, -0.1) is 0 Å². The number of hydrogen-bond acceptors (Lipinski definition) is 7. The average Bonchev–Trinajstić information content (AvgIpc) is 2.82. The zero-order valence-electron chi connectivity index (χ0n) is 20.2. The van der Waals surface area contributed by atoms with Crippen molar-refractivity contribution in [1.82, 2.24) is 20.3 Å². The van der Waals surface area contributed by atoms with Crippen molar-refractivity contribution in [2.24, 2.45) is 5.92 Å². The number of anilines is 2. The average molecular weight is 453 g/mol. The molecule has 1 atom stereocenters. The van der Waals surface area contributed by atoms with Crippen molar-refractivity contribution in [3.8, 4) is 11.3 Å². The Morgan fingerprint density at radius 3 is 2.55 bits per heavy atom. The highest BCUT2D eigenvalue weighted by atomic mass is 16.3. The van der Waals surface area contributed by atoms with Crippen LogP contribution in [0.25, 0.3) is 11.3 Å². The minimum Gasteiger partial charge on any atom is -0.393 e. The second kappa shape index (κ2) is 11.7. The molecule has 2 aromatic rings. The normalized spacial score (nSPS) is 22.6. The Bertz CT molecular complexity index is 860. The van der Waals surface area contributed by atoms with Crippen molar-refractivity contribution < 1.29 is 5.11 Å². The number of aliphatic hydroxyl groups is 1. The SMILES string of the molecule is CCC[C@H](C)Nc1ncc(-c2ccc(CC3CCNCC3)cn2)c(N[C@H]2CC[C@H](O)CC2)n1. The molecule has 1 saturated heterocycles. The lowest BCUT2D eigenvalue weighted by Crippen LogP contribution is -2.29. The summed E-state index contributed by atoms with van der Waals surface area (Å²) in [4.78, 5) is 14.3. The van der Waals surface area contributed by atoms with Gasteiger partial charge in [0.2, 0.25) is 5.95 Å². The first kappa shape index (κ1) is 23.9. The van der Waals surface area contributed by atoms with Gasteiger partial charge >= 0.3 is 0 Å². The van der Waals surface area contributed by atoms with Crippen molar-refractivity contribution in [3.63, 3.8) is 0 Å². The fraction of sp³-hybridized carbons (Fsp3) is 0.654. The third-order valence-electron chi connectivity index (χ3n) is 7.01. The first-order valence-electron chi connectivity index (χ1n) is 12.8. The molecular weight excluding hydrogens is 412 g/mol. The summed E-state index contributed by atoms with van der Waals surface area (Å²) in [7, 11) is 0. The molecule has 0 spiro atoms. The molecule has 2 aromatic heterocycles. The van der Waals surface area contributed by atoms with Gasteiger partial charge in [-0.25, -0.2) is 4.98 Å². The molecule has 1 aliphatic heterocycles. The van der Waals surface area contributed by atoms with Gasteiger partial charge in [0.05, 0.1) is 17.4 Å². The molecule has 7 nitrogen and oxygen atoms in total. The number of aromatic nitrogens is 3. The highest BCUT2D eigenvalue weighted by Crippen LogP contribution is 2.29. The van der Waals surface area contributed by atoms with Crippen LogP contribution in [0.4, 0.5) is 11.8 Å². The highest BCUT2D eigenvalue weighted by molar-refractivity contribution is 5.73. The molecule has 180 valence electrons. The third-order valence-corrected chi connectivity index (χ3v) is 7.01. The molecule has 7 heteroatoms. The summed E-state index contributed by atoms with van der Waals surface area (Å²) in [6, 6.07) is 4.95. The number of pyridine rings is 1. The van der Waals surface area contributed by atoms with Crippen molar-refractivity contribution in [1.29, 1.82) is 0 Å². The minimum atomic E-state index is -0.172. The van der Waals surface area contributed by atoms with Gasteiger partial charge in [0, 0.05) is 24.5 Å². The topological polar surface area (TPSA) is 95.0 Å². The Kier molecular flexibility index (Phi) is 8.51. The van der Waals surface area contributed by atoms with E-state index >= 15 is 0 Å². The maximum atomic E-state index is 9.89. The molecule has 0 amide bonds. The van der Waals surface area contributed by atoms with E-state index in [0.717, 1.165) is 81.0 Å². The van der Waals surface area contributed by atoms with Gasteiger partial charge < -0.3 is 21.1 Å². The molecule has 4 rings (SSSR count). The van der Waals surface area contributed by atoms with Gasteiger partial charge in [-0.3, -0.25) is 4.98 Å². The van der Waals surface area contributed by atoms with Crippen LogP contribution in [-0.2, 0) is 6.42 Å². The number of piperidine rings is 1.